The van der Waals surface area contributed by atoms with Crippen LogP contribution in [-0.4, -0.2) is 11.7 Å². The first kappa shape index (κ1) is 15.7. The van der Waals surface area contributed by atoms with Gasteiger partial charge >= 0.3 is 0 Å². The molecule has 2 heterocycles. The van der Waals surface area contributed by atoms with Crippen LogP contribution in [0, 0.1) is 0 Å². The Balaban J connectivity index is 1.62. The molecule has 0 radical (unpaired) electrons. The Labute approximate surface area is 166 Å². The summed E-state index contributed by atoms with van der Waals surface area (Å²) in [6.07, 6.45) is 0. The fraction of sp³-hybridized carbons (Fsp3) is 0.0400. The van der Waals surface area contributed by atoms with Gasteiger partial charge in [-0.25, -0.2) is 0 Å². The van der Waals surface area contributed by atoms with Gasteiger partial charge in [-0.05, 0) is 47.5 Å². The second-order valence-corrected chi connectivity index (χ2v) is 8.20. The molecule has 0 aliphatic heterocycles. The Morgan fingerprint density at radius 3 is 2.11 bits per heavy atom. The molecule has 134 valence electrons. The zero-order chi connectivity index (χ0) is 18.7. The lowest BCUT2D eigenvalue weighted by atomic mass is 10.0. The first-order chi connectivity index (χ1) is 13.8. The van der Waals surface area contributed by atoms with Crippen LogP contribution in [0.3, 0.4) is 0 Å². The lowest BCUT2D eigenvalue weighted by Gasteiger charge is -2.06. The topological polar surface area (TPSA) is 17.0 Å². The highest BCUT2D eigenvalue weighted by atomic mass is 32.1. The molecule has 4 aromatic carbocycles. The van der Waals surface area contributed by atoms with Crippen LogP contribution in [0.1, 0.15) is 0 Å². The molecule has 2 aromatic heterocycles. The zero-order valence-corrected chi connectivity index (χ0v) is 16.3. The number of hydrogen-bond donors (Lipinski definition) is 1. The largest absolute Gasteiger partial charge is 0.328 e. The molecular formula is C25H18N2S. The van der Waals surface area contributed by atoms with Crippen LogP contribution in [0.25, 0.3) is 53.1 Å². The molecule has 3 heteroatoms. The van der Waals surface area contributed by atoms with Gasteiger partial charge in [0.2, 0.25) is 0 Å². The first-order valence-electron chi connectivity index (χ1n) is 9.46. The first-order valence-corrected chi connectivity index (χ1v) is 10.3. The van der Waals surface area contributed by atoms with E-state index in [9.17, 15) is 0 Å². The lowest BCUT2D eigenvalue weighted by Crippen LogP contribution is -2.07. The highest BCUT2D eigenvalue weighted by Gasteiger charge is 2.12. The number of nitrogens with zero attached hydrogens (tertiary/aromatic N) is 1. The van der Waals surface area contributed by atoms with Crippen molar-refractivity contribution in [3.05, 3.63) is 84.9 Å². The summed E-state index contributed by atoms with van der Waals surface area (Å²) in [5, 5.41) is 5.24. The normalized spacial score (nSPS) is 11.8. The molecule has 0 saturated carbocycles. The number of thiophene rings is 1. The number of benzene rings is 4. The molecule has 6 aromatic rings. The molecule has 0 spiro atoms. The molecule has 6 rings (SSSR count). The number of aromatic nitrogens is 1. The van der Waals surface area contributed by atoms with Crippen molar-refractivity contribution in [2.75, 3.05) is 12.5 Å². The van der Waals surface area contributed by atoms with Crippen molar-refractivity contribution in [2.45, 2.75) is 0 Å². The van der Waals surface area contributed by atoms with Crippen molar-refractivity contribution in [3.8, 4) is 11.1 Å². The van der Waals surface area contributed by atoms with Crippen LogP contribution >= 0.6 is 11.3 Å². The fourth-order valence-electron chi connectivity index (χ4n) is 4.30. The third-order valence-corrected chi connectivity index (χ3v) is 6.76. The maximum atomic E-state index is 3.31. The monoisotopic (exact) mass is 378 g/mol. The van der Waals surface area contributed by atoms with E-state index in [4.69, 9.17) is 0 Å². The average Bonchev–Trinajstić information content (AvgIpc) is 3.28. The molecule has 0 aliphatic rings. The SMILES string of the molecule is CNn1c2ccccc2c2cc(-c3ccc4sc5ccccc5c4c3)ccc21. The van der Waals surface area contributed by atoms with Crippen LogP contribution in [0.4, 0.5) is 0 Å². The summed E-state index contributed by atoms with van der Waals surface area (Å²) in [7, 11) is 1.97. The van der Waals surface area contributed by atoms with Gasteiger partial charge in [-0.1, -0.05) is 48.5 Å². The van der Waals surface area contributed by atoms with Crippen LogP contribution < -0.4 is 5.43 Å². The Kier molecular flexibility index (Phi) is 3.28. The molecular weight excluding hydrogens is 360 g/mol. The number of hydrogen-bond acceptors (Lipinski definition) is 2. The van der Waals surface area contributed by atoms with E-state index in [-0.39, 0.29) is 0 Å². The van der Waals surface area contributed by atoms with Gasteiger partial charge in [0.05, 0.1) is 11.0 Å². The number of fused-ring (bicyclic) bond motifs is 6. The summed E-state index contributed by atoms with van der Waals surface area (Å²) in [6.45, 7) is 0. The molecule has 2 nitrogen and oxygen atoms in total. The quantitative estimate of drug-likeness (QED) is 0.343. The van der Waals surface area contributed by atoms with E-state index in [0.29, 0.717) is 0 Å². The third kappa shape index (κ3) is 2.14. The zero-order valence-electron chi connectivity index (χ0n) is 15.4. The second-order valence-electron chi connectivity index (χ2n) is 7.12. The Hall–Kier alpha value is -3.30. The minimum atomic E-state index is 1.20. The number of para-hydroxylation sites is 1. The summed E-state index contributed by atoms with van der Waals surface area (Å²) in [5.41, 5.74) is 8.24. The molecule has 28 heavy (non-hydrogen) atoms. The summed E-state index contributed by atoms with van der Waals surface area (Å²) >= 11 is 1.86. The van der Waals surface area contributed by atoms with Crippen molar-refractivity contribution in [1.29, 1.82) is 0 Å². The van der Waals surface area contributed by atoms with Crippen LogP contribution in [-0.2, 0) is 0 Å². The number of rotatable bonds is 2. The van der Waals surface area contributed by atoms with Crippen LogP contribution in [0.5, 0.6) is 0 Å². The number of nitrogens with one attached hydrogen (secondary N) is 1. The van der Waals surface area contributed by atoms with E-state index in [1.165, 1.54) is 53.1 Å². The smallest absolute Gasteiger partial charge is 0.0706 e. The van der Waals surface area contributed by atoms with Gasteiger partial charge in [0.15, 0.2) is 0 Å². The Morgan fingerprint density at radius 1 is 0.607 bits per heavy atom. The van der Waals surface area contributed by atoms with Crippen molar-refractivity contribution in [3.63, 3.8) is 0 Å². The van der Waals surface area contributed by atoms with Gasteiger partial charge in [0.25, 0.3) is 0 Å². The maximum absolute atomic E-state index is 3.31. The van der Waals surface area contributed by atoms with Crippen LogP contribution in [0.2, 0.25) is 0 Å². The molecule has 0 fully saturated rings. The molecule has 0 amide bonds. The van der Waals surface area contributed by atoms with Gasteiger partial charge in [-0.15, -0.1) is 11.3 Å². The summed E-state index contributed by atoms with van der Waals surface area (Å²) in [5.74, 6) is 0. The van der Waals surface area contributed by atoms with Gasteiger partial charge in [-0.2, -0.15) is 0 Å². The van der Waals surface area contributed by atoms with Gasteiger partial charge in [0.1, 0.15) is 0 Å². The molecule has 0 saturated heterocycles. The Bertz CT molecular complexity index is 1500. The minimum Gasteiger partial charge on any atom is -0.328 e. The summed E-state index contributed by atoms with van der Waals surface area (Å²) in [4.78, 5) is 0. The average molecular weight is 379 g/mol. The minimum absolute atomic E-state index is 1.20. The van der Waals surface area contributed by atoms with Gasteiger partial charge in [-0.3, -0.25) is 4.68 Å². The highest BCUT2D eigenvalue weighted by molar-refractivity contribution is 7.25. The second kappa shape index (κ2) is 5.85. The van der Waals surface area contributed by atoms with Crippen molar-refractivity contribution < 1.29 is 0 Å². The van der Waals surface area contributed by atoms with Crippen molar-refractivity contribution in [2.24, 2.45) is 0 Å². The predicted molar refractivity (Wildman–Crippen MR) is 123 cm³/mol. The third-order valence-electron chi connectivity index (χ3n) is 5.61. The highest BCUT2D eigenvalue weighted by Crippen LogP contribution is 2.37. The molecule has 0 unspecified atom stereocenters. The van der Waals surface area contributed by atoms with E-state index in [1.807, 2.05) is 18.4 Å². The molecule has 0 bridgehead atoms. The van der Waals surface area contributed by atoms with Gasteiger partial charge < -0.3 is 5.43 Å². The maximum Gasteiger partial charge on any atom is 0.0706 e. The van der Waals surface area contributed by atoms with E-state index < -0.39 is 0 Å². The summed E-state index contributed by atoms with van der Waals surface area (Å²) in [6, 6.07) is 30.8. The molecule has 1 N–H and O–H groups in total. The fourth-order valence-corrected chi connectivity index (χ4v) is 5.39. The predicted octanol–water partition coefficient (Wildman–Crippen LogP) is 7.00. The molecule has 0 atom stereocenters. The van der Waals surface area contributed by atoms with E-state index in [1.54, 1.807) is 0 Å². The van der Waals surface area contributed by atoms with E-state index in [2.05, 4.69) is 95.0 Å². The van der Waals surface area contributed by atoms with Crippen molar-refractivity contribution in [1.82, 2.24) is 4.68 Å². The van der Waals surface area contributed by atoms with E-state index in [0.717, 1.165) is 0 Å². The lowest BCUT2D eigenvalue weighted by molar-refractivity contribution is 1.02. The summed E-state index contributed by atoms with van der Waals surface area (Å²) < 4.78 is 4.85. The van der Waals surface area contributed by atoms with E-state index >= 15 is 0 Å². The van der Waals surface area contributed by atoms with Gasteiger partial charge in [0, 0.05) is 38.0 Å². The van der Waals surface area contributed by atoms with Crippen LogP contribution in [0.15, 0.2) is 84.9 Å². The Morgan fingerprint density at radius 2 is 1.25 bits per heavy atom. The molecule has 0 aliphatic carbocycles. The van der Waals surface area contributed by atoms with Crippen molar-refractivity contribution >= 4 is 53.3 Å². The standard InChI is InChI=1S/C25H18N2S/c1-26-27-22-8-4-2-6-18(22)20-14-16(10-12-23(20)27)17-11-13-25-21(15-17)19-7-3-5-9-24(19)28-25/h2-15,26H,1H3.